The number of nitrogens with one attached hydrogen (secondary N) is 2. The van der Waals surface area contributed by atoms with Gasteiger partial charge < -0.3 is 25.6 Å². The average Bonchev–Trinajstić information content (AvgIpc) is 2.92. The van der Waals surface area contributed by atoms with Gasteiger partial charge in [-0.15, -0.1) is 0 Å². The molecule has 0 saturated carbocycles. The highest BCUT2D eigenvalue weighted by molar-refractivity contribution is 5.83. The van der Waals surface area contributed by atoms with Crippen LogP contribution in [0.3, 0.4) is 0 Å². The summed E-state index contributed by atoms with van der Waals surface area (Å²) >= 11 is 0. The molecule has 1 fully saturated rings. The summed E-state index contributed by atoms with van der Waals surface area (Å²) in [7, 11) is 0. The quantitative estimate of drug-likeness (QED) is 0.531. The number of aliphatic hydroxyl groups is 3. The zero-order valence-electron chi connectivity index (χ0n) is 10.0. The molecule has 1 aromatic heterocycles. The van der Waals surface area contributed by atoms with Crippen LogP contribution in [-0.2, 0) is 0 Å². The Balaban J connectivity index is 2.03. The lowest BCUT2D eigenvalue weighted by Crippen LogP contribution is -2.35. The van der Waals surface area contributed by atoms with Crippen LogP contribution < -0.4 is 5.32 Å². The van der Waals surface area contributed by atoms with E-state index >= 15 is 0 Å². The largest absolute Gasteiger partial charge is 0.395 e. The number of hydrogen-bond donors (Lipinski definition) is 5. The number of H-pyrrole nitrogens is 1. The molecule has 3 rings (SSSR count). The standard InChI is InChI=1S/C13H15FN2O3/c14-6-1-2-9-7(3-6)8(4-15-9)11-13(19)12(18)10(5-17)16-11/h1-4,10-13,15-19H,5H2/t10-,11-,12-,13-/m0/s1. The minimum atomic E-state index is -1.05. The number of benzene rings is 1. The van der Waals surface area contributed by atoms with Crippen LogP contribution in [0.25, 0.3) is 10.9 Å². The number of aromatic nitrogens is 1. The maximum atomic E-state index is 13.3. The molecule has 1 aliphatic heterocycles. The van der Waals surface area contributed by atoms with E-state index in [0.717, 1.165) is 5.52 Å². The van der Waals surface area contributed by atoms with Gasteiger partial charge in [-0.1, -0.05) is 0 Å². The zero-order chi connectivity index (χ0) is 13.6. The first kappa shape index (κ1) is 12.6. The van der Waals surface area contributed by atoms with Gasteiger partial charge in [0, 0.05) is 17.1 Å². The highest BCUT2D eigenvalue weighted by atomic mass is 19.1. The monoisotopic (exact) mass is 266 g/mol. The van der Waals surface area contributed by atoms with Crippen LogP contribution in [0.1, 0.15) is 11.6 Å². The Bertz CT molecular complexity index is 601. The summed E-state index contributed by atoms with van der Waals surface area (Å²) in [5, 5.41) is 32.6. The summed E-state index contributed by atoms with van der Waals surface area (Å²) < 4.78 is 13.3. The van der Waals surface area contributed by atoms with Crippen molar-refractivity contribution < 1.29 is 19.7 Å². The van der Waals surface area contributed by atoms with E-state index in [4.69, 9.17) is 5.11 Å². The van der Waals surface area contributed by atoms with Crippen molar-refractivity contribution in [3.05, 3.63) is 35.8 Å². The van der Waals surface area contributed by atoms with E-state index in [1.165, 1.54) is 12.1 Å². The summed E-state index contributed by atoms with van der Waals surface area (Å²) in [6.45, 7) is -0.272. The third kappa shape index (κ3) is 1.93. The van der Waals surface area contributed by atoms with E-state index in [9.17, 15) is 14.6 Å². The van der Waals surface area contributed by atoms with Gasteiger partial charge in [-0.3, -0.25) is 0 Å². The van der Waals surface area contributed by atoms with Gasteiger partial charge in [-0.2, -0.15) is 0 Å². The molecule has 4 atom stereocenters. The fourth-order valence-electron chi connectivity index (χ4n) is 2.67. The second-order valence-corrected chi connectivity index (χ2v) is 4.85. The topological polar surface area (TPSA) is 88.5 Å². The number of hydrogen-bond acceptors (Lipinski definition) is 4. The van der Waals surface area contributed by atoms with Crippen LogP contribution in [0.5, 0.6) is 0 Å². The SMILES string of the molecule is OC[C@@H]1N[C@@H](c2c[nH]c3ccc(F)cc23)[C@H](O)[C@H]1O. The Hall–Kier alpha value is -1.47. The number of halogens is 1. The van der Waals surface area contributed by atoms with Gasteiger partial charge in [-0.05, 0) is 23.8 Å². The second kappa shape index (κ2) is 4.57. The Morgan fingerprint density at radius 1 is 1.21 bits per heavy atom. The predicted octanol–water partition coefficient (Wildman–Crippen LogP) is 0.0340. The molecule has 102 valence electrons. The highest BCUT2D eigenvalue weighted by Crippen LogP contribution is 2.32. The molecule has 0 radical (unpaired) electrons. The number of aliphatic hydroxyl groups excluding tert-OH is 3. The van der Waals surface area contributed by atoms with Gasteiger partial charge in [0.05, 0.1) is 24.8 Å². The Labute approximate surface area is 108 Å². The van der Waals surface area contributed by atoms with Gasteiger partial charge in [0.15, 0.2) is 0 Å². The van der Waals surface area contributed by atoms with Gasteiger partial charge in [0.2, 0.25) is 0 Å². The fraction of sp³-hybridized carbons (Fsp3) is 0.385. The van der Waals surface area contributed by atoms with Crippen molar-refractivity contribution in [3.8, 4) is 0 Å². The van der Waals surface area contributed by atoms with E-state index in [1.807, 2.05) is 0 Å². The van der Waals surface area contributed by atoms with Crippen LogP contribution in [0, 0.1) is 5.82 Å². The third-order valence-electron chi connectivity index (χ3n) is 3.70. The van der Waals surface area contributed by atoms with E-state index < -0.39 is 24.3 Å². The highest BCUT2D eigenvalue weighted by Gasteiger charge is 2.42. The Morgan fingerprint density at radius 3 is 2.68 bits per heavy atom. The molecule has 1 saturated heterocycles. The molecule has 2 heterocycles. The maximum Gasteiger partial charge on any atom is 0.123 e. The molecule has 6 heteroatoms. The normalized spacial score (nSPS) is 31.2. The Kier molecular flexibility index (Phi) is 3.02. The van der Waals surface area contributed by atoms with Gasteiger partial charge in [0.25, 0.3) is 0 Å². The predicted molar refractivity (Wildman–Crippen MR) is 67.0 cm³/mol. The summed E-state index contributed by atoms with van der Waals surface area (Å²) in [6, 6.07) is 3.23. The van der Waals surface area contributed by atoms with Crippen LogP contribution in [0.15, 0.2) is 24.4 Å². The first-order chi connectivity index (χ1) is 9.11. The molecule has 0 unspecified atom stereocenters. The molecule has 1 aromatic carbocycles. The molecule has 0 bridgehead atoms. The first-order valence-electron chi connectivity index (χ1n) is 6.11. The van der Waals surface area contributed by atoms with Crippen molar-refractivity contribution in [1.82, 2.24) is 10.3 Å². The summed E-state index contributed by atoms with van der Waals surface area (Å²) in [4.78, 5) is 3.00. The molecule has 1 aliphatic rings. The van der Waals surface area contributed by atoms with Crippen molar-refractivity contribution in [3.63, 3.8) is 0 Å². The molecular formula is C13H15FN2O3. The lowest BCUT2D eigenvalue weighted by Gasteiger charge is -2.15. The maximum absolute atomic E-state index is 13.3. The summed E-state index contributed by atoms with van der Waals surface area (Å²) in [6.07, 6.45) is -0.412. The third-order valence-corrected chi connectivity index (χ3v) is 3.70. The van der Waals surface area contributed by atoms with Crippen LogP contribution in [0.4, 0.5) is 4.39 Å². The van der Waals surface area contributed by atoms with Crippen molar-refractivity contribution in [2.24, 2.45) is 0 Å². The number of aromatic amines is 1. The molecule has 2 aromatic rings. The van der Waals surface area contributed by atoms with E-state index in [0.29, 0.717) is 10.9 Å². The van der Waals surface area contributed by atoms with E-state index in [-0.39, 0.29) is 12.4 Å². The zero-order valence-corrected chi connectivity index (χ0v) is 10.0. The number of fused-ring (bicyclic) bond motifs is 1. The molecule has 5 N–H and O–H groups in total. The van der Waals surface area contributed by atoms with Gasteiger partial charge in [-0.25, -0.2) is 4.39 Å². The lowest BCUT2D eigenvalue weighted by atomic mass is 10.0. The van der Waals surface area contributed by atoms with Crippen molar-refractivity contribution >= 4 is 10.9 Å². The van der Waals surface area contributed by atoms with Crippen LogP contribution >= 0.6 is 0 Å². The molecule has 0 spiro atoms. The van der Waals surface area contributed by atoms with Crippen molar-refractivity contribution in [1.29, 1.82) is 0 Å². The smallest absolute Gasteiger partial charge is 0.123 e. The average molecular weight is 266 g/mol. The molecule has 0 aliphatic carbocycles. The summed E-state index contributed by atoms with van der Waals surface area (Å²) in [5.74, 6) is -0.361. The molecule has 0 amide bonds. The summed E-state index contributed by atoms with van der Waals surface area (Å²) in [5.41, 5.74) is 1.43. The van der Waals surface area contributed by atoms with Crippen molar-refractivity contribution in [2.75, 3.05) is 6.61 Å². The lowest BCUT2D eigenvalue weighted by molar-refractivity contribution is 0.0196. The Morgan fingerprint density at radius 2 is 2.00 bits per heavy atom. The first-order valence-corrected chi connectivity index (χ1v) is 6.11. The van der Waals surface area contributed by atoms with Gasteiger partial charge >= 0.3 is 0 Å². The molecular weight excluding hydrogens is 251 g/mol. The molecule has 5 nitrogen and oxygen atoms in total. The van der Waals surface area contributed by atoms with Crippen molar-refractivity contribution in [2.45, 2.75) is 24.3 Å². The number of rotatable bonds is 2. The molecule has 19 heavy (non-hydrogen) atoms. The fourth-order valence-corrected chi connectivity index (χ4v) is 2.67. The minimum Gasteiger partial charge on any atom is -0.395 e. The minimum absolute atomic E-state index is 0.272. The second-order valence-electron chi connectivity index (χ2n) is 4.85. The van der Waals surface area contributed by atoms with Gasteiger partial charge in [0.1, 0.15) is 11.9 Å². The van der Waals surface area contributed by atoms with Crippen LogP contribution in [-0.4, -0.2) is 45.2 Å². The van der Waals surface area contributed by atoms with E-state index in [2.05, 4.69) is 10.3 Å². The van der Waals surface area contributed by atoms with Crippen LogP contribution in [0.2, 0.25) is 0 Å². The van der Waals surface area contributed by atoms with E-state index in [1.54, 1.807) is 12.3 Å².